The van der Waals surface area contributed by atoms with Gasteiger partial charge in [-0.25, -0.2) is 0 Å². The van der Waals surface area contributed by atoms with E-state index in [2.05, 4.69) is 0 Å². The molecule has 5 N–H and O–H groups in total. The number of rotatable bonds is 32. The second kappa shape index (κ2) is 46.2. The zero-order chi connectivity index (χ0) is 54.6. The third-order valence-electron chi connectivity index (χ3n) is 10.8. The molecule has 2 rings (SSSR count). The fraction of sp³-hybridized carbons (Fsp3) is 0.654. The summed E-state index contributed by atoms with van der Waals surface area (Å²) in [6.07, 6.45) is 6.88. The predicted octanol–water partition coefficient (Wildman–Crippen LogP) is 7.93. The molecule has 6 unspecified atom stereocenters. The Hall–Kier alpha value is -4.86. The van der Waals surface area contributed by atoms with E-state index in [4.69, 9.17) is 63.7 Å². The molecule has 0 saturated carbocycles. The van der Waals surface area contributed by atoms with Crippen LogP contribution in [0.5, 0.6) is 0 Å². The molecule has 0 heterocycles. The molecule has 0 amide bonds. The molecule has 0 spiro atoms. The van der Waals surface area contributed by atoms with E-state index < -0.39 is 23.9 Å². The highest BCUT2D eigenvalue weighted by molar-refractivity contribution is 5.73. The number of hydrogen-bond donors (Lipinski definition) is 4. The summed E-state index contributed by atoms with van der Waals surface area (Å²) in [6.45, 7) is 9.59. The standard InChI is InChI=1S/C15H22O4.C13H16O3.C8H17NO3.2C8H16O4/c1-12(9-10-14(17-2)18-3)15(16)19-11-13-7-5-4-6-8-13;1-11(6-5-9-14)13(15)16-10-12-7-3-2-4-8-12;1-3-6(12-2)4-5-7(9)8(10)11;2*1-6(8(9)10)4-5-7(11-2)12-3/h4-8,12,14H,9-11H2,1-3H3;2-4,7-9,11H,5-6,10H2,1H3;6-7H,3-5,9H2,1-2H3,(H,10,11);2*6-7H,4-5H2,1-3H3,(H,9,10). The minimum absolute atomic E-state index is 0.135. The number of nitrogens with two attached hydrogens (primary N) is 1. The van der Waals surface area contributed by atoms with Crippen molar-refractivity contribution in [1.29, 1.82) is 0 Å². The minimum Gasteiger partial charge on any atom is -0.481 e. The molecule has 0 aliphatic carbocycles. The number of methoxy groups -OCH3 is 7. The van der Waals surface area contributed by atoms with Crippen molar-refractivity contribution in [3.63, 3.8) is 0 Å². The van der Waals surface area contributed by atoms with Crippen LogP contribution in [0.3, 0.4) is 0 Å². The number of carboxylic acids is 3. The lowest BCUT2D eigenvalue weighted by atomic mass is 10.1. The predicted molar refractivity (Wildman–Crippen MR) is 267 cm³/mol. The molecule has 0 aliphatic heterocycles. The second-order valence-corrected chi connectivity index (χ2v) is 16.4. The quantitative estimate of drug-likeness (QED) is 0.0308. The van der Waals surface area contributed by atoms with Crippen molar-refractivity contribution in [2.45, 2.75) is 149 Å². The van der Waals surface area contributed by atoms with Crippen LogP contribution < -0.4 is 5.73 Å². The number of benzene rings is 2. The first-order valence-corrected chi connectivity index (χ1v) is 23.7. The molecule has 0 radical (unpaired) electrons. The normalized spacial score (nSPS) is 13.1. The Morgan fingerprint density at radius 2 is 0.817 bits per heavy atom. The number of ether oxygens (including phenoxy) is 9. The van der Waals surface area contributed by atoms with E-state index in [0.29, 0.717) is 77.4 Å². The van der Waals surface area contributed by atoms with Crippen LogP contribution in [-0.4, -0.2) is 132 Å². The number of carboxylic acid groups (broad SMARTS) is 3. The summed E-state index contributed by atoms with van der Waals surface area (Å²) in [5.41, 5.74) is 7.28. The Labute approximate surface area is 422 Å². The lowest BCUT2D eigenvalue weighted by Crippen LogP contribution is -2.31. The van der Waals surface area contributed by atoms with Gasteiger partial charge in [-0.3, -0.25) is 24.0 Å². The number of aliphatic carboxylic acids is 3. The summed E-state index contributed by atoms with van der Waals surface area (Å²) in [5, 5.41) is 25.6. The third-order valence-corrected chi connectivity index (χ3v) is 10.8. The maximum absolute atomic E-state index is 11.8. The van der Waals surface area contributed by atoms with Crippen molar-refractivity contribution in [3.8, 4) is 0 Å². The SMILES string of the molecule is CC(CCC=O)C(=O)OCc1ccccc1.CCC(CCC(N)C(=O)O)OC.COC(CCC(C)C(=O)O)OC.COC(CCC(C)C(=O)O)OC.COC(CCC(C)C(=O)OCc1ccccc1)OC. The highest BCUT2D eigenvalue weighted by Gasteiger charge is 2.19. The molecular weight excluding hydrogens is 927 g/mol. The number of hydrogen-bond acceptors (Lipinski definition) is 16. The van der Waals surface area contributed by atoms with Crippen molar-refractivity contribution in [1.82, 2.24) is 0 Å². The summed E-state index contributed by atoms with van der Waals surface area (Å²) in [6, 6.07) is 18.4. The van der Waals surface area contributed by atoms with Gasteiger partial charge >= 0.3 is 29.8 Å². The maximum atomic E-state index is 11.8. The molecule has 0 bridgehead atoms. The maximum Gasteiger partial charge on any atom is 0.320 e. The third kappa shape index (κ3) is 39.4. The minimum atomic E-state index is -0.944. The van der Waals surface area contributed by atoms with Gasteiger partial charge in [0.2, 0.25) is 0 Å². The zero-order valence-corrected chi connectivity index (χ0v) is 44.3. The highest BCUT2D eigenvalue weighted by atomic mass is 16.7. The average Bonchev–Trinajstić information content (AvgIpc) is 3.38. The fourth-order valence-corrected chi connectivity index (χ4v) is 5.67. The average molecular weight is 1010 g/mol. The van der Waals surface area contributed by atoms with Gasteiger partial charge in [0, 0.05) is 56.2 Å². The van der Waals surface area contributed by atoms with Gasteiger partial charge in [0.25, 0.3) is 0 Å². The van der Waals surface area contributed by atoms with Crippen molar-refractivity contribution < 1.29 is 86.7 Å². The molecule has 19 nitrogen and oxygen atoms in total. The molecule has 0 fully saturated rings. The van der Waals surface area contributed by atoms with E-state index in [0.717, 1.165) is 23.8 Å². The summed E-state index contributed by atoms with van der Waals surface area (Å²) in [7, 11) is 11.0. The van der Waals surface area contributed by atoms with E-state index in [1.165, 1.54) is 0 Å². The number of carbonyl (C=O) groups is 6. The van der Waals surface area contributed by atoms with Gasteiger partial charge in [-0.05, 0) is 75.3 Å². The van der Waals surface area contributed by atoms with Crippen molar-refractivity contribution in [2.75, 3.05) is 49.8 Å². The molecule has 0 aliphatic rings. The molecule has 71 heavy (non-hydrogen) atoms. The van der Waals surface area contributed by atoms with E-state index in [9.17, 15) is 28.8 Å². The second-order valence-electron chi connectivity index (χ2n) is 16.4. The molecule has 0 aromatic heterocycles. The Morgan fingerprint density at radius 3 is 1.10 bits per heavy atom. The van der Waals surface area contributed by atoms with Crippen molar-refractivity contribution >= 4 is 36.1 Å². The summed E-state index contributed by atoms with van der Waals surface area (Å²) < 4.78 is 45.3. The van der Waals surface area contributed by atoms with Gasteiger partial charge in [0.05, 0.1) is 29.8 Å². The van der Waals surface area contributed by atoms with E-state index >= 15 is 0 Å². The number of esters is 2. The van der Waals surface area contributed by atoms with Crippen LogP contribution in [0.4, 0.5) is 0 Å². The smallest absolute Gasteiger partial charge is 0.320 e. The van der Waals surface area contributed by atoms with Crippen LogP contribution in [0.2, 0.25) is 0 Å². The molecule has 0 saturated heterocycles. The Balaban J connectivity index is -0.000000827. The van der Waals surface area contributed by atoms with Crippen LogP contribution in [0.15, 0.2) is 60.7 Å². The zero-order valence-electron chi connectivity index (χ0n) is 44.3. The topological polar surface area (TPSA) is 272 Å². The molecular formula is C52H87NO18. The van der Waals surface area contributed by atoms with Crippen LogP contribution >= 0.6 is 0 Å². The van der Waals surface area contributed by atoms with E-state index in [-0.39, 0.29) is 60.6 Å². The summed E-state index contributed by atoms with van der Waals surface area (Å²) in [4.78, 5) is 64.6. The Morgan fingerprint density at radius 1 is 0.479 bits per heavy atom. The Bertz CT molecular complexity index is 1540. The van der Waals surface area contributed by atoms with Crippen LogP contribution in [0.1, 0.15) is 116 Å². The lowest BCUT2D eigenvalue weighted by Gasteiger charge is -2.16. The highest BCUT2D eigenvalue weighted by Crippen LogP contribution is 2.15. The van der Waals surface area contributed by atoms with Crippen LogP contribution in [0.25, 0.3) is 0 Å². The van der Waals surface area contributed by atoms with Gasteiger partial charge in [-0.15, -0.1) is 0 Å². The van der Waals surface area contributed by atoms with Crippen LogP contribution in [0, 0.1) is 23.7 Å². The van der Waals surface area contributed by atoms with E-state index in [1.54, 1.807) is 70.5 Å². The Kier molecular flexibility index (Phi) is 45.8. The lowest BCUT2D eigenvalue weighted by molar-refractivity contribution is -0.151. The molecule has 408 valence electrons. The van der Waals surface area contributed by atoms with Crippen LogP contribution in [-0.2, 0) is 84.6 Å². The molecule has 6 atom stereocenters. The number of carbonyl (C=O) groups excluding carboxylic acids is 3. The van der Waals surface area contributed by atoms with Gasteiger partial charge < -0.3 is 68.5 Å². The van der Waals surface area contributed by atoms with Gasteiger partial charge in [0.1, 0.15) is 25.5 Å². The summed E-state index contributed by atoms with van der Waals surface area (Å²) in [5.74, 6) is -3.97. The first kappa shape index (κ1) is 70.4. The van der Waals surface area contributed by atoms with Crippen molar-refractivity contribution in [3.05, 3.63) is 71.8 Å². The fourth-order valence-electron chi connectivity index (χ4n) is 5.67. The van der Waals surface area contributed by atoms with E-state index in [1.807, 2.05) is 74.5 Å². The monoisotopic (exact) mass is 1010 g/mol. The first-order valence-electron chi connectivity index (χ1n) is 23.7. The van der Waals surface area contributed by atoms with Gasteiger partial charge in [-0.2, -0.15) is 0 Å². The molecule has 2 aromatic carbocycles. The molecule has 2 aromatic rings. The van der Waals surface area contributed by atoms with Gasteiger partial charge in [0.15, 0.2) is 18.9 Å². The first-order chi connectivity index (χ1) is 33.7. The van der Waals surface area contributed by atoms with Gasteiger partial charge in [-0.1, -0.05) is 95.3 Å². The molecule has 19 heteroatoms. The van der Waals surface area contributed by atoms with Crippen molar-refractivity contribution in [2.24, 2.45) is 29.4 Å². The summed E-state index contributed by atoms with van der Waals surface area (Å²) >= 11 is 0. The number of aldehydes is 1. The largest absolute Gasteiger partial charge is 0.481 e.